The number of benzene rings is 1. The second kappa shape index (κ2) is 11.8. The van der Waals surface area contributed by atoms with Crippen molar-refractivity contribution in [2.24, 2.45) is 4.99 Å². The van der Waals surface area contributed by atoms with Crippen molar-refractivity contribution in [2.75, 3.05) is 10.2 Å². The maximum Gasteiger partial charge on any atom is 0.446 e. The van der Waals surface area contributed by atoms with Gasteiger partial charge < -0.3 is 10.2 Å². The highest BCUT2D eigenvalue weighted by molar-refractivity contribution is 8.00. The molecule has 0 bridgehead atoms. The molecule has 1 unspecified atom stereocenters. The molecule has 0 spiro atoms. The lowest BCUT2D eigenvalue weighted by atomic mass is 10.0. The van der Waals surface area contributed by atoms with Gasteiger partial charge >= 0.3 is 11.5 Å². The van der Waals surface area contributed by atoms with Gasteiger partial charge in [0.15, 0.2) is 0 Å². The van der Waals surface area contributed by atoms with Gasteiger partial charge in [-0.1, -0.05) is 12.5 Å². The molecule has 1 saturated heterocycles. The summed E-state index contributed by atoms with van der Waals surface area (Å²) in [5.41, 5.74) is -3.63. The van der Waals surface area contributed by atoms with Crippen LogP contribution in [0.25, 0.3) is 0 Å². The number of rotatable bonds is 8. The van der Waals surface area contributed by atoms with Gasteiger partial charge in [-0.05, 0) is 87.8 Å². The van der Waals surface area contributed by atoms with Crippen LogP contribution in [0.4, 0.5) is 29.5 Å². The van der Waals surface area contributed by atoms with Gasteiger partial charge in [0.25, 0.3) is 5.91 Å². The summed E-state index contributed by atoms with van der Waals surface area (Å²) >= 11 is 6.02. The molecule has 1 N–H and O–H groups in total. The molecule has 7 nitrogen and oxygen atoms in total. The molecule has 2 heterocycles. The second-order valence-electron chi connectivity index (χ2n) is 9.24. The number of alkyl halides is 4. The minimum atomic E-state index is -4.43. The fourth-order valence-corrected chi connectivity index (χ4v) is 4.24. The van der Waals surface area contributed by atoms with Crippen LogP contribution in [0.2, 0.25) is 0 Å². The number of hydrogen-bond donors (Lipinski definition) is 1. The first-order valence-corrected chi connectivity index (χ1v) is 13.1. The Bertz CT molecular complexity index is 1250. The highest BCUT2D eigenvalue weighted by atomic mass is 35.5. The maximum absolute atomic E-state index is 13.4. The number of urea groups is 1. The molecule has 1 aliphatic rings. The van der Waals surface area contributed by atoms with E-state index in [1.54, 1.807) is 45.3 Å². The van der Waals surface area contributed by atoms with E-state index in [0.29, 0.717) is 17.2 Å². The first-order chi connectivity index (χ1) is 17.7. The van der Waals surface area contributed by atoms with Crippen molar-refractivity contribution in [1.82, 2.24) is 9.88 Å². The number of amidine groups is 1. The Morgan fingerprint density at radius 2 is 1.89 bits per heavy atom. The summed E-state index contributed by atoms with van der Waals surface area (Å²) in [4.78, 5) is 37.7. The first-order valence-electron chi connectivity index (χ1n) is 11.8. The number of nitrogens with one attached hydrogen (secondary N) is 1. The summed E-state index contributed by atoms with van der Waals surface area (Å²) in [6, 6.07) is 8.04. The zero-order chi connectivity index (χ0) is 28.3. The largest absolute Gasteiger partial charge is 0.446 e. The molecule has 12 heteroatoms. The van der Waals surface area contributed by atoms with Crippen LogP contribution in [-0.2, 0) is 11.3 Å². The Balaban J connectivity index is 1.82. The van der Waals surface area contributed by atoms with Gasteiger partial charge in [-0.25, -0.2) is 19.7 Å². The lowest BCUT2D eigenvalue weighted by molar-refractivity contribution is -0.123. The number of imide groups is 1. The number of nitrogens with zero attached hydrogens (tertiary/aromatic N) is 4. The monoisotopic (exact) mass is 567 g/mol. The predicted molar refractivity (Wildman–Crippen MR) is 146 cm³/mol. The summed E-state index contributed by atoms with van der Waals surface area (Å²) in [5.74, 6) is 0.506. The standard InChI is InChI=1S/C26H29ClF3N5O2S/c1-6-16(2)14-32-22(17(3)27)33-21-13-18(11-12-31-21)15-34-24(37)35(23(36)25(34,4)5)19-7-9-20(10-8-19)38-26(28,29)30/h7-14,17H,6,15H2,1-5H3,(H,31,32,33)/b16-14-. The van der Waals surface area contributed by atoms with E-state index < -0.39 is 28.4 Å². The molecule has 204 valence electrons. The van der Waals surface area contributed by atoms with E-state index in [1.165, 1.54) is 29.2 Å². The number of allylic oxidation sites excluding steroid dienone is 1. The molecule has 1 aliphatic heterocycles. The van der Waals surface area contributed by atoms with Crippen LogP contribution < -0.4 is 10.2 Å². The van der Waals surface area contributed by atoms with Crippen molar-refractivity contribution in [3.05, 3.63) is 59.9 Å². The van der Waals surface area contributed by atoms with Crippen LogP contribution in [-0.4, -0.2) is 44.1 Å². The molecule has 2 aromatic rings. The van der Waals surface area contributed by atoms with Crippen LogP contribution >= 0.6 is 23.4 Å². The number of carbonyl (C=O) groups is 2. The van der Waals surface area contributed by atoms with Gasteiger partial charge in [0.1, 0.15) is 17.2 Å². The number of thioether (sulfide) groups is 1. The van der Waals surface area contributed by atoms with Gasteiger partial charge in [-0.15, -0.1) is 11.6 Å². The van der Waals surface area contributed by atoms with Crippen molar-refractivity contribution in [2.45, 2.75) is 68.9 Å². The topological polar surface area (TPSA) is 77.9 Å². The van der Waals surface area contributed by atoms with E-state index >= 15 is 0 Å². The van der Waals surface area contributed by atoms with E-state index in [9.17, 15) is 22.8 Å². The van der Waals surface area contributed by atoms with Crippen molar-refractivity contribution < 1.29 is 22.8 Å². The van der Waals surface area contributed by atoms with Crippen LogP contribution in [0.3, 0.4) is 0 Å². The Morgan fingerprint density at radius 1 is 1.24 bits per heavy atom. The number of halogens is 4. The molecule has 3 amide bonds. The van der Waals surface area contributed by atoms with Crippen molar-refractivity contribution >= 4 is 52.6 Å². The smallest absolute Gasteiger partial charge is 0.327 e. The Morgan fingerprint density at radius 3 is 2.47 bits per heavy atom. The molecule has 0 radical (unpaired) electrons. The molecule has 3 rings (SSSR count). The zero-order valence-electron chi connectivity index (χ0n) is 21.6. The van der Waals surface area contributed by atoms with Gasteiger partial charge in [0.2, 0.25) is 0 Å². The lowest BCUT2D eigenvalue weighted by Gasteiger charge is -2.27. The van der Waals surface area contributed by atoms with Gasteiger partial charge in [0.05, 0.1) is 11.1 Å². The molecule has 1 aromatic heterocycles. The Labute approximate surface area is 229 Å². The number of anilines is 2. The van der Waals surface area contributed by atoms with E-state index in [2.05, 4.69) is 15.3 Å². The van der Waals surface area contributed by atoms with E-state index in [4.69, 9.17) is 11.6 Å². The average Bonchev–Trinajstić information content (AvgIpc) is 3.00. The van der Waals surface area contributed by atoms with E-state index in [1.807, 2.05) is 13.8 Å². The third kappa shape index (κ3) is 7.08. The molecular formula is C26H29ClF3N5O2S. The quantitative estimate of drug-likeness (QED) is 0.120. The van der Waals surface area contributed by atoms with E-state index in [-0.39, 0.29) is 28.9 Å². The maximum atomic E-state index is 13.4. The third-order valence-corrected chi connectivity index (χ3v) is 6.88. The third-order valence-electron chi connectivity index (χ3n) is 5.93. The first kappa shape index (κ1) is 29.5. The van der Waals surface area contributed by atoms with Crippen LogP contribution in [0.15, 0.2) is 64.3 Å². The van der Waals surface area contributed by atoms with Gasteiger partial charge in [0, 0.05) is 23.8 Å². The minimum absolute atomic E-state index is 0.0391. The summed E-state index contributed by atoms with van der Waals surface area (Å²) in [7, 11) is 0. The van der Waals surface area contributed by atoms with Crippen molar-refractivity contribution in [3.63, 3.8) is 0 Å². The SMILES string of the molecule is CC/C(C)=C\N=C(Nc1cc(CN2C(=O)N(c3ccc(SC(F)(F)F)cc3)C(=O)C2(C)C)ccn1)C(C)Cl. The van der Waals surface area contributed by atoms with Crippen LogP contribution in [0, 0.1) is 0 Å². The molecule has 0 aliphatic carbocycles. The van der Waals surface area contributed by atoms with E-state index in [0.717, 1.165) is 16.9 Å². The van der Waals surface area contributed by atoms with Gasteiger partial charge in [-0.3, -0.25) is 4.79 Å². The van der Waals surface area contributed by atoms with Crippen molar-refractivity contribution in [3.8, 4) is 0 Å². The fourth-order valence-electron chi connectivity index (χ4n) is 3.59. The molecule has 0 saturated carbocycles. The fraction of sp³-hybridized carbons (Fsp3) is 0.385. The Kier molecular flexibility index (Phi) is 9.14. The van der Waals surface area contributed by atoms with Crippen LogP contribution in [0.1, 0.15) is 46.6 Å². The summed E-state index contributed by atoms with van der Waals surface area (Å²) < 4.78 is 38.0. The van der Waals surface area contributed by atoms with Gasteiger partial charge in [-0.2, -0.15) is 13.2 Å². The molecule has 1 atom stereocenters. The number of aliphatic imine (C=N–C) groups is 1. The summed E-state index contributed by atoms with van der Waals surface area (Å²) in [6.45, 7) is 9.14. The number of aromatic nitrogens is 1. The predicted octanol–water partition coefficient (Wildman–Crippen LogP) is 7.19. The molecular weight excluding hydrogens is 539 g/mol. The normalized spacial score (nSPS) is 17.3. The zero-order valence-corrected chi connectivity index (χ0v) is 23.2. The Hall–Kier alpha value is -3.05. The number of pyridine rings is 1. The summed E-state index contributed by atoms with van der Waals surface area (Å²) in [5, 5.41) is 2.71. The highest BCUT2D eigenvalue weighted by Crippen LogP contribution is 2.39. The number of amides is 3. The minimum Gasteiger partial charge on any atom is -0.327 e. The average molecular weight is 568 g/mol. The van der Waals surface area contributed by atoms with Crippen LogP contribution in [0.5, 0.6) is 0 Å². The molecule has 1 fully saturated rings. The highest BCUT2D eigenvalue weighted by Gasteiger charge is 2.51. The van der Waals surface area contributed by atoms with Crippen molar-refractivity contribution in [1.29, 1.82) is 0 Å². The molecule has 1 aromatic carbocycles. The number of carbonyl (C=O) groups excluding carboxylic acids is 2. The molecule has 38 heavy (non-hydrogen) atoms. The second-order valence-corrected chi connectivity index (χ2v) is 11.0. The number of hydrogen-bond acceptors (Lipinski definition) is 5. The lowest BCUT2D eigenvalue weighted by Crippen LogP contribution is -2.43. The summed E-state index contributed by atoms with van der Waals surface area (Å²) in [6.07, 6.45) is 4.17.